The number of carbonyl (C=O) groups is 1. The van der Waals surface area contributed by atoms with Crippen LogP contribution in [0, 0.1) is 0 Å². The van der Waals surface area contributed by atoms with Crippen LogP contribution in [-0.4, -0.2) is 45.4 Å². The summed E-state index contributed by atoms with van der Waals surface area (Å²) in [4.78, 5) is 10.5. The third-order valence-corrected chi connectivity index (χ3v) is 7.56. The summed E-state index contributed by atoms with van der Waals surface area (Å²) in [6.45, 7) is 0.912. The molecule has 1 N–H and O–H groups in total. The second-order valence-electron chi connectivity index (χ2n) is 8.42. The van der Waals surface area contributed by atoms with E-state index < -0.39 is 38.7 Å². The SMILES string of the molecule is O=C(O)CC[C@H]1CN(S(=O)(=O)c2cccc(C(F)(F)F)c2)c2cc(/C=C3/CCCOC3)ccc2O1. The number of rotatable bonds is 6. The molecule has 0 spiro atoms. The van der Waals surface area contributed by atoms with Gasteiger partial charge in [0.1, 0.15) is 11.9 Å². The number of nitrogens with zero attached hydrogens (tertiary/aromatic N) is 1. The summed E-state index contributed by atoms with van der Waals surface area (Å²) in [5.74, 6) is -0.854. The van der Waals surface area contributed by atoms with Gasteiger partial charge in [-0.3, -0.25) is 9.10 Å². The summed E-state index contributed by atoms with van der Waals surface area (Å²) in [6, 6.07) is 8.50. The fourth-order valence-electron chi connectivity index (χ4n) is 4.07. The van der Waals surface area contributed by atoms with Gasteiger partial charge < -0.3 is 14.6 Å². The van der Waals surface area contributed by atoms with E-state index in [1.54, 1.807) is 18.2 Å². The minimum absolute atomic E-state index is 0.0343. The second kappa shape index (κ2) is 9.90. The molecule has 4 rings (SSSR count). The first-order valence-electron chi connectivity index (χ1n) is 11.0. The lowest BCUT2D eigenvalue weighted by molar-refractivity contribution is -0.138. The number of alkyl halides is 3. The summed E-state index contributed by atoms with van der Waals surface area (Å²) in [5, 5.41) is 9.03. The number of fused-ring (bicyclic) bond motifs is 1. The molecule has 0 aromatic heterocycles. The molecule has 188 valence electrons. The van der Waals surface area contributed by atoms with Crippen molar-refractivity contribution in [3.63, 3.8) is 0 Å². The van der Waals surface area contributed by atoms with Crippen LogP contribution in [0.2, 0.25) is 0 Å². The molecule has 0 bridgehead atoms. The van der Waals surface area contributed by atoms with E-state index in [1.807, 2.05) is 6.08 Å². The fraction of sp³-hybridized carbons (Fsp3) is 0.375. The Balaban J connectivity index is 1.75. The van der Waals surface area contributed by atoms with Gasteiger partial charge in [-0.2, -0.15) is 13.2 Å². The van der Waals surface area contributed by atoms with Crippen LogP contribution >= 0.6 is 0 Å². The maximum Gasteiger partial charge on any atom is 0.416 e. The van der Waals surface area contributed by atoms with Crippen molar-refractivity contribution in [2.24, 2.45) is 0 Å². The molecule has 11 heteroatoms. The van der Waals surface area contributed by atoms with E-state index in [2.05, 4.69) is 0 Å². The number of carboxylic acids is 1. The molecule has 35 heavy (non-hydrogen) atoms. The summed E-state index contributed by atoms with van der Waals surface area (Å²) in [5.41, 5.74) is 0.839. The van der Waals surface area contributed by atoms with Crippen molar-refractivity contribution in [2.45, 2.75) is 42.9 Å². The molecule has 0 aliphatic carbocycles. The maximum absolute atomic E-state index is 13.6. The van der Waals surface area contributed by atoms with Crippen LogP contribution in [-0.2, 0) is 25.7 Å². The quantitative estimate of drug-likeness (QED) is 0.603. The molecule has 0 unspecified atom stereocenters. The van der Waals surface area contributed by atoms with Gasteiger partial charge in [0, 0.05) is 13.0 Å². The molecule has 1 fully saturated rings. The van der Waals surface area contributed by atoms with Crippen molar-refractivity contribution in [1.29, 1.82) is 0 Å². The van der Waals surface area contributed by atoms with E-state index in [0.717, 1.165) is 40.9 Å². The van der Waals surface area contributed by atoms with E-state index in [4.69, 9.17) is 14.6 Å². The number of benzene rings is 2. The lowest BCUT2D eigenvalue weighted by Crippen LogP contribution is -2.43. The molecule has 2 aliphatic heterocycles. The monoisotopic (exact) mass is 511 g/mol. The van der Waals surface area contributed by atoms with E-state index >= 15 is 0 Å². The van der Waals surface area contributed by atoms with E-state index in [9.17, 15) is 26.4 Å². The fourth-order valence-corrected chi connectivity index (χ4v) is 5.61. The third-order valence-electron chi connectivity index (χ3n) is 5.79. The molecule has 2 heterocycles. The summed E-state index contributed by atoms with van der Waals surface area (Å²) in [7, 11) is -4.42. The number of hydrogen-bond acceptors (Lipinski definition) is 5. The highest BCUT2D eigenvalue weighted by Gasteiger charge is 2.37. The molecule has 1 saturated heterocycles. The Morgan fingerprint density at radius 3 is 2.69 bits per heavy atom. The van der Waals surface area contributed by atoms with Gasteiger partial charge in [0.15, 0.2) is 0 Å². The maximum atomic E-state index is 13.6. The van der Waals surface area contributed by atoms with Crippen LogP contribution in [0.1, 0.15) is 36.8 Å². The number of sulfonamides is 1. The average Bonchev–Trinajstić information content (AvgIpc) is 2.82. The highest BCUT2D eigenvalue weighted by atomic mass is 32.2. The van der Waals surface area contributed by atoms with E-state index in [0.29, 0.717) is 24.8 Å². The summed E-state index contributed by atoms with van der Waals surface area (Å²) >= 11 is 0. The number of halogens is 3. The zero-order chi connectivity index (χ0) is 25.2. The third kappa shape index (κ3) is 5.79. The molecule has 2 aromatic carbocycles. The first-order valence-corrected chi connectivity index (χ1v) is 12.5. The molecule has 2 aromatic rings. The predicted octanol–water partition coefficient (Wildman–Crippen LogP) is 4.72. The van der Waals surface area contributed by atoms with Crippen molar-refractivity contribution in [3.8, 4) is 5.75 Å². The normalized spacial score (nSPS) is 19.8. The Morgan fingerprint density at radius 1 is 1.20 bits per heavy atom. The lowest BCUT2D eigenvalue weighted by atomic mass is 10.0. The Morgan fingerprint density at radius 2 is 2.00 bits per heavy atom. The van der Waals surface area contributed by atoms with Gasteiger partial charge in [0.25, 0.3) is 10.0 Å². The van der Waals surface area contributed by atoms with Crippen molar-refractivity contribution >= 4 is 27.8 Å². The van der Waals surface area contributed by atoms with Gasteiger partial charge in [-0.25, -0.2) is 8.42 Å². The van der Waals surface area contributed by atoms with E-state index in [-0.39, 0.29) is 30.8 Å². The number of carboxylic acid groups (broad SMARTS) is 1. The Kier molecular flexibility index (Phi) is 7.09. The largest absolute Gasteiger partial charge is 0.486 e. The molecule has 1 atom stereocenters. The highest BCUT2D eigenvalue weighted by molar-refractivity contribution is 7.92. The van der Waals surface area contributed by atoms with Gasteiger partial charge >= 0.3 is 12.1 Å². The van der Waals surface area contributed by atoms with Crippen molar-refractivity contribution in [1.82, 2.24) is 0 Å². The van der Waals surface area contributed by atoms with Crippen LogP contribution in [0.4, 0.5) is 18.9 Å². The predicted molar refractivity (Wildman–Crippen MR) is 122 cm³/mol. The minimum Gasteiger partial charge on any atom is -0.486 e. The summed E-state index contributed by atoms with van der Waals surface area (Å²) in [6.07, 6.45) is -2.09. The van der Waals surface area contributed by atoms with E-state index in [1.165, 1.54) is 0 Å². The molecule has 0 radical (unpaired) electrons. The lowest BCUT2D eigenvalue weighted by Gasteiger charge is -2.35. The number of ether oxygens (including phenoxy) is 2. The van der Waals surface area contributed by atoms with Crippen molar-refractivity contribution < 1.29 is 41.0 Å². The zero-order valence-electron chi connectivity index (χ0n) is 18.6. The van der Waals surface area contributed by atoms with Crippen LogP contribution < -0.4 is 9.04 Å². The van der Waals surface area contributed by atoms with Gasteiger partial charge in [-0.05, 0) is 60.7 Å². The van der Waals surface area contributed by atoms with Gasteiger partial charge in [-0.15, -0.1) is 0 Å². The molecular formula is C24H24F3NO6S. The Labute approximate surface area is 200 Å². The topological polar surface area (TPSA) is 93.1 Å². The first-order chi connectivity index (χ1) is 16.5. The minimum atomic E-state index is -4.71. The molecule has 2 aliphatic rings. The summed E-state index contributed by atoms with van der Waals surface area (Å²) < 4.78 is 79.2. The first kappa shape index (κ1) is 25.1. The zero-order valence-corrected chi connectivity index (χ0v) is 19.4. The van der Waals surface area contributed by atoms with Gasteiger partial charge in [0.05, 0.1) is 29.3 Å². The van der Waals surface area contributed by atoms with Crippen LogP contribution in [0.3, 0.4) is 0 Å². The number of aliphatic carboxylic acids is 1. The van der Waals surface area contributed by atoms with Gasteiger partial charge in [0.2, 0.25) is 0 Å². The van der Waals surface area contributed by atoms with Crippen molar-refractivity contribution in [3.05, 3.63) is 59.2 Å². The molecular weight excluding hydrogens is 487 g/mol. The molecule has 0 saturated carbocycles. The second-order valence-corrected chi connectivity index (χ2v) is 10.3. The van der Waals surface area contributed by atoms with Crippen LogP contribution in [0.25, 0.3) is 6.08 Å². The van der Waals surface area contributed by atoms with Crippen molar-refractivity contribution in [2.75, 3.05) is 24.1 Å². The molecule has 7 nitrogen and oxygen atoms in total. The highest BCUT2D eigenvalue weighted by Crippen LogP contribution is 2.40. The Hall–Kier alpha value is -3.05. The standard InChI is InChI=1S/C24H24F3NO6S/c25-24(26,27)18-4-1-5-20(13-18)35(31,32)28-14-19(7-9-23(29)30)34-22-8-6-16(12-21(22)28)11-17-3-2-10-33-15-17/h1,4-6,8,11-13,19H,2-3,7,9-10,14-15H2,(H,29,30)/b17-11-/t19-/m0/s1. The Bertz CT molecular complexity index is 1230. The number of anilines is 1. The average molecular weight is 512 g/mol. The van der Waals surface area contributed by atoms with Crippen LogP contribution in [0.5, 0.6) is 5.75 Å². The smallest absolute Gasteiger partial charge is 0.416 e. The molecule has 0 amide bonds. The number of hydrogen-bond donors (Lipinski definition) is 1. The van der Waals surface area contributed by atoms with Gasteiger partial charge in [-0.1, -0.05) is 18.2 Å². The van der Waals surface area contributed by atoms with Crippen LogP contribution in [0.15, 0.2) is 52.9 Å².